The summed E-state index contributed by atoms with van der Waals surface area (Å²) in [6, 6.07) is 19.8. The minimum atomic E-state index is -0.0329. The highest BCUT2D eigenvalue weighted by Gasteiger charge is 2.18. The van der Waals surface area contributed by atoms with E-state index in [9.17, 15) is 10.1 Å². The molecule has 4 heteroatoms. The molecular formula is C28H32N2O2. The Morgan fingerprint density at radius 2 is 1.66 bits per heavy atom. The smallest absolute Gasteiger partial charge is 0.261 e. The molecule has 0 N–H and O–H groups in total. The molecule has 0 fully saturated rings. The third kappa shape index (κ3) is 5.18. The summed E-state index contributed by atoms with van der Waals surface area (Å²) in [4.78, 5) is 13.8. The Morgan fingerprint density at radius 1 is 0.969 bits per heavy atom. The van der Waals surface area contributed by atoms with Gasteiger partial charge in [0.1, 0.15) is 0 Å². The maximum atomic E-state index is 13.8. The summed E-state index contributed by atoms with van der Waals surface area (Å²) in [5.74, 6) is 0. The van der Waals surface area contributed by atoms with E-state index in [1.54, 1.807) is 0 Å². The Labute approximate surface area is 191 Å². The summed E-state index contributed by atoms with van der Waals surface area (Å²) in [6.07, 6.45) is 4.91. The molecule has 1 aromatic heterocycles. The first kappa shape index (κ1) is 23.5. The van der Waals surface area contributed by atoms with E-state index in [2.05, 4.69) is 26.0 Å². The minimum Gasteiger partial charge on any atom is -0.377 e. The Bertz CT molecular complexity index is 1150. The summed E-state index contributed by atoms with van der Waals surface area (Å²) in [7, 11) is 0. The third-order valence-electron chi connectivity index (χ3n) is 5.77. The lowest BCUT2D eigenvalue weighted by Gasteiger charge is -2.20. The lowest BCUT2D eigenvalue weighted by Crippen LogP contribution is -2.27. The average Bonchev–Trinajstić information content (AvgIpc) is 2.82. The van der Waals surface area contributed by atoms with E-state index in [0.29, 0.717) is 24.3 Å². The molecule has 0 atom stereocenters. The monoisotopic (exact) mass is 428 g/mol. The zero-order valence-corrected chi connectivity index (χ0v) is 19.4. The Hall–Kier alpha value is -3.16. The zero-order chi connectivity index (χ0) is 22.9. The first-order valence-corrected chi connectivity index (χ1v) is 11.5. The van der Waals surface area contributed by atoms with E-state index in [4.69, 9.17) is 4.74 Å². The first-order chi connectivity index (χ1) is 15.6. The molecule has 0 saturated carbocycles. The van der Waals surface area contributed by atoms with Crippen LogP contribution in [0.1, 0.15) is 61.9 Å². The average molecular weight is 429 g/mol. The molecule has 3 aromatic rings. The summed E-state index contributed by atoms with van der Waals surface area (Å²) in [5.41, 5.74) is 5.75. The molecule has 2 aromatic carbocycles. The molecule has 32 heavy (non-hydrogen) atoms. The van der Waals surface area contributed by atoms with E-state index < -0.39 is 0 Å². The lowest BCUT2D eigenvalue weighted by molar-refractivity contribution is 0.116. The van der Waals surface area contributed by atoms with Crippen molar-refractivity contribution in [1.82, 2.24) is 4.57 Å². The molecule has 0 aliphatic carbocycles. The highest BCUT2D eigenvalue weighted by Crippen LogP contribution is 2.30. The van der Waals surface area contributed by atoms with Crippen LogP contribution in [-0.4, -0.2) is 11.2 Å². The molecule has 0 amide bonds. The number of rotatable bonds is 10. The molecule has 0 saturated heterocycles. The lowest BCUT2D eigenvalue weighted by atomic mass is 9.97. The van der Waals surface area contributed by atoms with Gasteiger partial charge in [0.25, 0.3) is 5.56 Å². The summed E-state index contributed by atoms with van der Waals surface area (Å²) < 4.78 is 7.67. The molecule has 0 spiro atoms. The van der Waals surface area contributed by atoms with Crippen LogP contribution >= 0.6 is 0 Å². The second-order valence-corrected chi connectivity index (χ2v) is 8.12. The van der Waals surface area contributed by atoms with Gasteiger partial charge in [-0.05, 0) is 49.9 Å². The van der Waals surface area contributed by atoms with Crippen molar-refractivity contribution in [2.24, 2.45) is 0 Å². The number of nitriles is 1. The highest BCUT2D eigenvalue weighted by atomic mass is 16.5. The molecule has 0 bridgehead atoms. The van der Waals surface area contributed by atoms with Crippen LogP contribution in [0.15, 0.2) is 59.4 Å². The zero-order valence-electron chi connectivity index (χ0n) is 19.4. The molecule has 0 aliphatic heterocycles. The topological polar surface area (TPSA) is 55.0 Å². The Kier molecular flexibility index (Phi) is 8.41. The number of pyridine rings is 1. The van der Waals surface area contributed by atoms with Crippen molar-refractivity contribution in [1.29, 1.82) is 5.26 Å². The number of benzene rings is 2. The number of hydrogen-bond donors (Lipinski definition) is 0. The first-order valence-electron chi connectivity index (χ1n) is 11.5. The maximum absolute atomic E-state index is 13.8. The van der Waals surface area contributed by atoms with Gasteiger partial charge in [0.05, 0.1) is 23.9 Å². The van der Waals surface area contributed by atoms with Gasteiger partial charge in [-0.2, -0.15) is 5.26 Å². The SMILES string of the molecule is CCCCOCc1c(C)cc(CCCC)n(-c2ccccc2-c2ccccc2C#N)c1=O. The second kappa shape index (κ2) is 11.5. The molecule has 1 heterocycles. The normalized spacial score (nSPS) is 10.8. The minimum absolute atomic E-state index is 0.0329. The van der Waals surface area contributed by atoms with Crippen molar-refractivity contribution in [2.45, 2.75) is 59.5 Å². The number of para-hydroxylation sites is 1. The van der Waals surface area contributed by atoms with Gasteiger partial charge in [0.2, 0.25) is 0 Å². The van der Waals surface area contributed by atoms with Crippen LogP contribution in [0.25, 0.3) is 16.8 Å². The number of unbranched alkanes of at least 4 members (excludes halogenated alkanes) is 2. The fourth-order valence-corrected chi connectivity index (χ4v) is 3.95. The van der Waals surface area contributed by atoms with Crippen LogP contribution in [0.2, 0.25) is 0 Å². The van der Waals surface area contributed by atoms with E-state index in [1.165, 1.54) is 0 Å². The number of ether oxygens (including phenoxy) is 1. The highest BCUT2D eigenvalue weighted by molar-refractivity contribution is 5.77. The third-order valence-corrected chi connectivity index (χ3v) is 5.77. The van der Waals surface area contributed by atoms with Crippen LogP contribution in [0.3, 0.4) is 0 Å². The number of hydrogen-bond acceptors (Lipinski definition) is 3. The summed E-state index contributed by atoms with van der Waals surface area (Å²) >= 11 is 0. The molecular weight excluding hydrogens is 396 g/mol. The standard InChI is InChI=1S/C28H32N2O2/c1-4-6-13-23-18-21(3)26(20-32-17-7-5-2)28(31)30(23)27-16-11-10-15-25(27)24-14-9-8-12-22(24)19-29/h8-12,14-16,18H,4-7,13,17,20H2,1-3H3. The van der Waals surface area contributed by atoms with Crippen molar-refractivity contribution in [3.63, 3.8) is 0 Å². The van der Waals surface area contributed by atoms with Crippen molar-refractivity contribution in [2.75, 3.05) is 6.61 Å². The Balaban J connectivity index is 2.20. The van der Waals surface area contributed by atoms with Gasteiger partial charge in [0.15, 0.2) is 0 Å². The van der Waals surface area contributed by atoms with Gasteiger partial charge in [0, 0.05) is 29.0 Å². The number of aromatic nitrogens is 1. The van der Waals surface area contributed by atoms with Gasteiger partial charge in [-0.3, -0.25) is 9.36 Å². The van der Waals surface area contributed by atoms with Gasteiger partial charge >= 0.3 is 0 Å². The number of aryl methyl sites for hydroxylation is 2. The second-order valence-electron chi connectivity index (χ2n) is 8.12. The number of nitrogens with zero attached hydrogens (tertiary/aromatic N) is 2. The van der Waals surface area contributed by atoms with Crippen molar-refractivity contribution in [3.05, 3.63) is 87.3 Å². The summed E-state index contributed by atoms with van der Waals surface area (Å²) in [5, 5.41) is 9.65. The van der Waals surface area contributed by atoms with Crippen molar-refractivity contribution >= 4 is 0 Å². The predicted octanol–water partition coefficient (Wildman–Crippen LogP) is 6.34. The van der Waals surface area contributed by atoms with Crippen LogP contribution in [0.5, 0.6) is 0 Å². The van der Waals surface area contributed by atoms with E-state index in [1.807, 2.05) is 60.0 Å². The largest absolute Gasteiger partial charge is 0.377 e. The van der Waals surface area contributed by atoms with Crippen LogP contribution in [0.4, 0.5) is 0 Å². The fraction of sp³-hybridized carbons (Fsp3) is 0.357. The van der Waals surface area contributed by atoms with Crippen LogP contribution < -0.4 is 5.56 Å². The molecule has 3 rings (SSSR count). The van der Waals surface area contributed by atoms with E-state index in [0.717, 1.165) is 60.2 Å². The Morgan fingerprint density at radius 3 is 2.38 bits per heavy atom. The van der Waals surface area contributed by atoms with Crippen molar-refractivity contribution in [3.8, 4) is 22.9 Å². The quantitative estimate of drug-likeness (QED) is 0.354. The van der Waals surface area contributed by atoms with Crippen molar-refractivity contribution < 1.29 is 4.74 Å². The molecule has 166 valence electrons. The van der Waals surface area contributed by atoms with Gasteiger partial charge in [-0.1, -0.05) is 63.1 Å². The van der Waals surface area contributed by atoms with Gasteiger partial charge < -0.3 is 4.74 Å². The summed E-state index contributed by atoms with van der Waals surface area (Å²) in [6.45, 7) is 7.24. The molecule has 0 unspecified atom stereocenters. The predicted molar refractivity (Wildman–Crippen MR) is 130 cm³/mol. The van der Waals surface area contributed by atoms with E-state index >= 15 is 0 Å². The molecule has 0 aliphatic rings. The van der Waals surface area contributed by atoms with Crippen LogP contribution in [0, 0.1) is 18.3 Å². The fourth-order valence-electron chi connectivity index (χ4n) is 3.95. The van der Waals surface area contributed by atoms with Gasteiger partial charge in [-0.15, -0.1) is 0 Å². The molecule has 4 nitrogen and oxygen atoms in total. The maximum Gasteiger partial charge on any atom is 0.261 e. The van der Waals surface area contributed by atoms with E-state index in [-0.39, 0.29) is 5.56 Å². The molecule has 0 radical (unpaired) electrons. The van der Waals surface area contributed by atoms with Crippen LogP contribution in [-0.2, 0) is 17.8 Å². The van der Waals surface area contributed by atoms with Gasteiger partial charge in [-0.25, -0.2) is 0 Å².